The van der Waals surface area contributed by atoms with Crippen LogP contribution >= 0.6 is 0 Å². The molecule has 2 aromatic rings. The highest BCUT2D eigenvalue weighted by atomic mass is 19.1. The molecular weight excluding hydrogens is 260 g/mol. The average Bonchev–Trinajstić information content (AvgIpc) is 2.76. The van der Waals surface area contributed by atoms with Crippen LogP contribution in [-0.2, 0) is 4.65 Å². The Morgan fingerprint density at radius 3 is 2.45 bits per heavy atom. The summed E-state index contributed by atoms with van der Waals surface area (Å²) in [6, 6.07) is 4.44. The summed E-state index contributed by atoms with van der Waals surface area (Å²) >= 11 is 0. The molecule has 0 atom stereocenters. The normalized spacial score (nSPS) is 12.9. The van der Waals surface area contributed by atoms with E-state index < -0.39 is 18.3 Å². The molecule has 2 rings (SSSR count). The average molecular weight is 279 g/mol. The van der Waals surface area contributed by atoms with E-state index in [0.29, 0.717) is 16.4 Å². The van der Waals surface area contributed by atoms with Crippen molar-refractivity contribution < 1.29 is 19.2 Å². The molecule has 0 radical (unpaired) electrons. The molecule has 0 amide bonds. The van der Waals surface area contributed by atoms with Gasteiger partial charge in [-0.05, 0) is 45.3 Å². The van der Waals surface area contributed by atoms with E-state index in [1.165, 1.54) is 12.1 Å². The SMILES string of the molecule is CC(C)(O)C(C)(C)OB(O)c1ccc(F)c2[nH]ccc12. The first-order valence-corrected chi connectivity index (χ1v) is 6.47. The molecular formula is C14H19BFNO3. The lowest BCUT2D eigenvalue weighted by molar-refractivity contribution is -0.0982. The maximum atomic E-state index is 13.6. The highest BCUT2D eigenvalue weighted by Crippen LogP contribution is 2.26. The number of fused-ring (bicyclic) bond motifs is 1. The first kappa shape index (κ1) is 15.0. The predicted octanol–water partition coefficient (Wildman–Crippen LogP) is 1.56. The highest BCUT2D eigenvalue weighted by Gasteiger charge is 2.40. The van der Waals surface area contributed by atoms with E-state index in [1.807, 2.05) is 0 Å². The molecule has 0 saturated carbocycles. The summed E-state index contributed by atoms with van der Waals surface area (Å²) in [5.41, 5.74) is -1.32. The van der Waals surface area contributed by atoms with Gasteiger partial charge in [0.05, 0.1) is 16.7 Å². The molecule has 1 aromatic carbocycles. The van der Waals surface area contributed by atoms with Crippen molar-refractivity contribution in [3.05, 3.63) is 30.2 Å². The Labute approximate surface area is 117 Å². The van der Waals surface area contributed by atoms with Gasteiger partial charge in [-0.15, -0.1) is 0 Å². The van der Waals surface area contributed by atoms with Crippen LogP contribution in [0.3, 0.4) is 0 Å². The van der Waals surface area contributed by atoms with E-state index >= 15 is 0 Å². The first-order chi connectivity index (χ1) is 9.13. The molecule has 0 unspecified atom stereocenters. The summed E-state index contributed by atoms with van der Waals surface area (Å²) in [5, 5.41) is 20.9. The van der Waals surface area contributed by atoms with Crippen molar-refractivity contribution in [2.45, 2.75) is 38.9 Å². The topological polar surface area (TPSA) is 65.5 Å². The highest BCUT2D eigenvalue weighted by molar-refractivity contribution is 6.63. The monoisotopic (exact) mass is 279 g/mol. The second-order valence-electron chi connectivity index (χ2n) is 5.94. The molecule has 0 fully saturated rings. The third-order valence-corrected chi connectivity index (χ3v) is 3.85. The number of aliphatic hydroxyl groups is 1. The molecule has 0 aliphatic heterocycles. The second-order valence-corrected chi connectivity index (χ2v) is 5.94. The fourth-order valence-electron chi connectivity index (χ4n) is 1.85. The van der Waals surface area contributed by atoms with E-state index in [1.54, 1.807) is 40.0 Å². The number of hydrogen-bond acceptors (Lipinski definition) is 3. The predicted molar refractivity (Wildman–Crippen MR) is 77.3 cm³/mol. The van der Waals surface area contributed by atoms with Gasteiger partial charge in [-0.1, -0.05) is 6.07 Å². The number of halogens is 1. The molecule has 108 valence electrons. The van der Waals surface area contributed by atoms with Crippen LogP contribution in [0, 0.1) is 5.82 Å². The summed E-state index contributed by atoms with van der Waals surface area (Å²) in [5.74, 6) is -0.386. The summed E-state index contributed by atoms with van der Waals surface area (Å²) in [7, 11) is -1.25. The Morgan fingerprint density at radius 1 is 1.20 bits per heavy atom. The molecule has 20 heavy (non-hydrogen) atoms. The smallest absolute Gasteiger partial charge is 0.423 e. The van der Waals surface area contributed by atoms with E-state index in [4.69, 9.17) is 4.65 Å². The number of nitrogens with one attached hydrogen (secondary N) is 1. The minimum absolute atomic E-state index is 0.325. The van der Waals surface area contributed by atoms with Crippen molar-refractivity contribution >= 4 is 23.5 Å². The largest absolute Gasteiger partial charge is 0.492 e. The fraction of sp³-hybridized carbons (Fsp3) is 0.429. The van der Waals surface area contributed by atoms with Crippen LogP contribution in [0.2, 0.25) is 0 Å². The maximum absolute atomic E-state index is 13.6. The molecule has 1 heterocycles. The van der Waals surface area contributed by atoms with Crippen LogP contribution in [0.1, 0.15) is 27.7 Å². The van der Waals surface area contributed by atoms with Crippen LogP contribution in [0.4, 0.5) is 4.39 Å². The van der Waals surface area contributed by atoms with Crippen LogP contribution in [0.5, 0.6) is 0 Å². The van der Waals surface area contributed by atoms with Gasteiger partial charge in [0.25, 0.3) is 0 Å². The Morgan fingerprint density at radius 2 is 1.85 bits per heavy atom. The van der Waals surface area contributed by atoms with Gasteiger partial charge < -0.3 is 19.8 Å². The van der Waals surface area contributed by atoms with Crippen molar-refractivity contribution in [2.75, 3.05) is 0 Å². The lowest BCUT2D eigenvalue weighted by Gasteiger charge is -2.38. The van der Waals surface area contributed by atoms with E-state index in [-0.39, 0.29) is 5.82 Å². The third-order valence-electron chi connectivity index (χ3n) is 3.85. The van der Waals surface area contributed by atoms with Crippen molar-refractivity contribution in [2.24, 2.45) is 0 Å². The summed E-state index contributed by atoms with van der Waals surface area (Å²) in [6.45, 7) is 6.59. The Hall–Kier alpha value is -1.37. The number of aromatic amines is 1. The second kappa shape index (κ2) is 4.88. The van der Waals surface area contributed by atoms with Gasteiger partial charge in [-0.3, -0.25) is 0 Å². The van der Waals surface area contributed by atoms with Crippen molar-refractivity contribution in [1.82, 2.24) is 4.98 Å². The fourth-order valence-corrected chi connectivity index (χ4v) is 1.85. The van der Waals surface area contributed by atoms with Gasteiger partial charge in [0.1, 0.15) is 5.82 Å². The molecule has 4 nitrogen and oxygen atoms in total. The number of aromatic nitrogens is 1. The molecule has 0 aliphatic carbocycles. The lowest BCUT2D eigenvalue weighted by Crippen LogP contribution is -2.53. The van der Waals surface area contributed by atoms with E-state index in [2.05, 4.69) is 4.98 Å². The molecule has 3 N–H and O–H groups in total. The minimum atomic E-state index is -1.25. The van der Waals surface area contributed by atoms with Gasteiger partial charge in [0.2, 0.25) is 0 Å². The van der Waals surface area contributed by atoms with Gasteiger partial charge in [-0.2, -0.15) is 0 Å². The number of rotatable bonds is 4. The van der Waals surface area contributed by atoms with Crippen LogP contribution < -0.4 is 5.46 Å². The van der Waals surface area contributed by atoms with Crippen LogP contribution in [0.25, 0.3) is 10.9 Å². The maximum Gasteiger partial charge on any atom is 0.492 e. The molecule has 0 spiro atoms. The summed E-state index contributed by atoms with van der Waals surface area (Å²) < 4.78 is 19.2. The zero-order chi connectivity index (χ0) is 15.1. The van der Waals surface area contributed by atoms with Crippen molar-refractivity contribution in [3.8, 4) is 0 Å². The van der Waals surface area contributed by atoms with Crippen LogP contribution in [-0.4, -0.2) is 33.4 Å². The standard InChI is InChI=1S/C14H19BFNO3/c1-13(2,18)14(3,4)20-15(19)10-5-6-11(16)12-9(10)7-8-17-12/h5-8,17-19H,1-4H3. The third kappa shape index (κ3) is 2.59. The lowest BCUT2D eigenvalue weighted by atomic mass is 9.75. The molecule has 0 aliphatic rings. The molecule has 0 saturated heterocycles. The molecule has 6 heteroatoms. The summed E-state index contributed by atoms with van der Waals surface area (Å²) in [4.78, 5) is 2.79. The Balaban J connectivity index is 2.35. The molecule has 0 bridgehead atoms. The van der Waals surface area contributed by atoms with E-state index in [0.717, 1.165) is 0 Å². The molecule has 1 aromatic heterocycles. The van der Waals surface area contributed by atoms with Gasteiger partial charge >= 0.3 is 7.12 Å². The zero-order valence-corrected chi connectivity index (χ0v) is 12.1. The van der Waals surface area contributed by atoms with Gasteiger partial charge in [-0.25, -0.2) is 4.39 Å². The zero-order valence-electron chi connectivity index (χ0n) is 12.1. The number of H-pyrrole nitrogens is 1. The Kier molecular flexibility index (Phi) is 3.66. The van der Waals surface area contributed by atoms with Gasteiger partial charge in [0, 0.05) is 11.6 Å². The van der Waals surface area contributed by atoms with Crippen molar-refractivity contribution in [3.63, 3.8) is 0 Å². The Bertz CT molecular complexity index is 618. The first-order valence-electron chi connectivity index (χ1n) is 6.47. The quantitative estimate of drug-likeness (QED) is 0.744. The van der Waals surface area contributed by atoms with Gasteiger partial charge in [0.15, 0.2) is 0 Å². The van der Waals surface area contributed by atoms with E-state index in [9.17, 15) is 14.5 Å². The number of benzene rings is 1. The van der Waals surface area contributed by atoms with Crippen LogP contribution in [0.15, 0.2) is 24.4 Å². The van der Waals surface area contributed by atoms with Crippen molar-refractivity contribution in [1.29, 1.82) is 0 Å². The minimum Gasteiger partial charge on any atom is -0.423 e. The number of hydrogen-bond donors (Lipinski definition) is 3. The summed E-state index contributed by atoms with van der Waals surface area (Å²) in [6.07, 6.45) is 1.60.